The second-order valence-electron chi connectivity index (χ2n) is 5.94. The number of hydrogen-bond acceptors (Lipinski definition) is 4. The van der Waals surface area contributed by atoms with Crippen molar-refractivity contribution in [3.8, 4) is 0 Å². The molecule has 1 aromatic carbocycles. The molecule has 6 heteroatoms. The average molecular weight is 314 g/mol. The van der Waals surface area contributed by atoms with Gasteiger partial charge in [-0.05, 0) is 24.6 Å². The van der Waals surface area contributed by atoms with E-state index in [9.17, 15) is 4.79 Å². The van der Waals surface area contributed by atoms with Crippen molar-refractivity contribution < 1.29 is 9.53 Å². The second-order valence-corrected chi connectivity index (χ2v) is 5.94. The van der Waals surface area contributed by atoms with Crippen molar-refractivity contribution in [3.63, 3.8) is 0 Å². The van der Waals surface area contributed by atoms with Crippen molar-refractivity contribution in [2.75, 3.05) is 25.0 Å². The molecule has 0 bridgehead atoms. The van der Waals surface area contributed by atoms with Crippen molar-refractivity contribution in [3.05, 3.63) is 47.7 Å². The maximum atomic E-state index is 12.2. The smallest absolute Gasteiger partial charge is 0.256 e. The van der Waals surface area contributed by atoms with Crippen LogP contribution < -0.4 is 5.32 Å². The molecule has 23 heavy (non-hydrogen) atoms. The molecule has 1 atom stereocenters. The maximum absolute atomic E-state index is 12.2. The highest BCUT2D eigenvalue weighted by molar-refractivity contribution is 6.03. The summed E-state index contributed by atoms with van der Waals surface area (Å²) in [4.78, 5) is 14.6. The van der Waals surface area contributed by atoms with Gasteiger partial charge in [0, 0.05) is 44.5 Å². The zero-order chi connectivity index (χ0) is 16.2. The van der Waals surface area contributed by atoms with Crippen LogP contribution in [0.3, 0.4) is 0 Å². The quantitative estimate of drug-likeness (QED) is 0.936. The van der Waals surface area contributed by atoms with Crippen molar-refractivity contribution in [2.24, 2.45) is 7.05 Å². The highest BCUT2D eigenvalue weighted by Crippen LogP contribution is 2.12. The third-order valence-corrected chi connectivity index (χ3v) is 3.90. The summed E-state index contributed by atoms with van der Waals surface area (Å²) in [6, 6.07) is 9.50. The molecule has 0 saturated carbocycles. The van der Waals surface area contributed by atoms with Gasteiger partial charge >= 0.3 is 0 Å². The van der Waals surface area contributed by atoms with Crippen LogP contribution in [0.2, 0.25) is 0 Å². The molecular weight excluding hydrogens is 292 g/mol. The topological polar surface area (TPSA) is 59.4 Å². The third-order valence-electron chi connectivity index (χ3n) is 3.90. The SMILES string of the molecule is C[C@H]1CN(Cc2ccc(C(=O)Nc3ccn(C)n3)cc2)CCO1. The summed E-state index contributed by atoms with van der Waals surface area (Å²) in [6.07, 6.45) is 2.08. The number of benzene rings is 1. The Kier molecular flexibility index (Phi) is 4.73. The Bertz CT molecular complexity index is 665. The number of rotatable bonds is 4. The first kappa shape index (κ1) is 15.7. The number of carbonyl (C=O) groups excluding carboxylic acids is 1. The van der Waals surface area contributed by atoms with Gasteiger partial charge in [-0.15, -0.1) is 0 Å². The van der Waals surface area contributed by atoms with Gasteiger partial charge in [0.1, 0.15) is 0 Å². The van der Waals surface area contributed by atoms with Gasteiger partial charge in [-0.25, -0.2) is 0 Å². The molecule has 2 heterocycles. The van der Waals surface area contributed by atoms with Gasteiger partial charge in [0.15, 0.2) is 5.82 Å². The standard InChI is InChI=1S/C17H22N4O2/c1-13-11-21(9-10-23-13)12-14-3-5-15(6-4-14)17(22)18-16-7-8-20(2)19-16/h3-8,13H,9-12H2,1-2H3,(H,18,19,22)/t13-/m0/s1. The summed E-state index contributed by atoms with van der Waals surface area (Å²) >= 11 is 0. The number of aromatic nitrogens is 2. The van der Waals surface area contributed by atoms with Crippen molar-refractivity contribution in [1.82, 2.24) is 14.7 Å². The molecule has 1 aliphatic rings. The van der Waals surface area contributed by atoms with E-state index in [2.05, 4.69) is 22.2 Å². The van der Waals surface area contributed by atoms with Gasteiger partial charge < -0.3 is 10.1 Å². The molecule has 1 amide bonds. The summed E-state index contributed by atoms with van der Waals surface area (Å²) < 4.78 is 7.21. The summed E-state index contributed by atoms with van der Waals surface area (Å²) in [5.74, 6) is 0.416. The van der Waals surface area contributed by atoms with Crippen molar-refractivity contribution >= 4 is 11.7 Å². The van der Waals surface area contributed by atoms with Crippen LogP contribution in [0.1, 0.15) is 22.8 Å². The van der Waals surface area contributed by atoms with Crippen LogP contribution in [0.15, 0.2) is 36.5 Å². The van der Waals surface area contributed by atoms with Gasteiger partial charge in [0.25, 0.3) is 5.91 Å². The Morgan fingerprint density at radius 3 is 2.78 bits per heavy atom. The molecule has 1 aromatic heterocycles. The highest BCUT2D eigenvalue weighted by atomic mass is 16.5. The molecule has 0 radical (unpaired) electrons. The molecule has 0 aliphatic carbocycles. The summed E-state index contributed by atoms with van der Waals surface area (Å²) in [7, 11) is 1.82. The van der Waals surface area contributed by atoms with Gasteiger partial charge in [-0.2, -0.15) is 5.10 Å². The first-order valence-electron chi connectivity index (χ1n) is 7.84. The van der Waals surface area contributed by atoms with Gasteiger partial charge in [0.05, 0.1) is 12.7 Å². The number of nitrogens with one attached hydrogen (secondary N) is 1. The molecule has 1 fully saturated rings. The minimum atomic E-state index is -0.143. The number of nitrogens with zero attached hydrogens (tertiary/aromatic N) is 3. The molecule has 122 valence electrons. The highest BCUT2D eigenvalue weighted by Gasteiger charge is 2.16. The van der Waals surface area contributed by atoms with Crippen LogP contribution in [-0.2, 0) is 18.3 Å². The molecule has 1 aliphatic heterocycles. The van der Waals surface area contributed by atoms with E-state index in [0.717, 1.165) is 26.2 Å². The average Bonchev–Trinajstić information content (AvgIpc) is 2.93. The lowest BCUT2D eigenvalue weighted by Gasteiger charge is -2.31. The molecule has 0 spiro atoms. The van der Waals surface area contributed by atoms with Crippen LogP contribution in [0.4, 0.5) is 5.82 Å². The zero-order valence-electron chi connectivity index (χ0n) is 13.5. The van der Waals surface area contributed by atoms with E-state index in [-0.39, 0.29) is 12.0 Å². The Hall–Kier alpha value is -2.18. The lowest BCUT2D eigenvalue weighted by molar-refractivity contribution is -0.0212. The number of carbonyl (C=O) groups is 1. The Balaban J connectivity index is 1.59. The fourth-order valence-electron chi connectivity index (χ4n) is 2.72. The predicted octanol–water partition coefficient (Wildman–Crippen LogP) is 1.89. The number of aryl methyl sites for hydroxylation is 1. The third kappa shape index (κ3) is 4.18. The molecule has 1 N–H and O–H groups in total. The Labute approximate surface area is 136 Å². The summed E-state index contributed by atoms with van der Waals surface area (Å²) in [6.45, 7) is 5.66. The molecular formula is C17H22N4O2. The van der Waals surface area contributed by atoms with Crippen LogP contribution in [-0.4, -0.2) is 46.4 Å². The number of ether oxygens (including phenoxy) is 1. The number of morpholine rings is 1. The molecule has 0 unspecified atom stereocenters. The minimum Gasteiger partial charge on any atom is -0.376 e. The molecule has 3 rings (SSSR count). The van der Waals surface area contributed by atoms with E-state index in [1.165, 1.54) is 5.56 Å². The number of anilines is 1. The molecule has 6 nitrogen and oxygen atoms in total. The maximum Gasteiger partial charge on any atom is 0.256 e. The van der Waals surface area contributed by atoms with Gasteiger partial charge in [0.2, 0.25) is 0 Å². The second kappa shape index (κ2) is 6.93. The summed E-state index contributed by atoms with van der Waals surface area (Å²) in [5.41, 5.74) is 1.84. The van der Waals surface area contributed by atoms with E-state index in [0.29, 0.717) is 11.4 Å². The van der Waals surface area contributed by atoms with Crippen LogP contribution in [0.25, 0.3) is 0 Å². The first-order valence-corrected chi connectivity index (χ1v) is 7.84. The summed E-state index contributed by atoms with van der Waals surface area (Å²) in [5, 5.41) is 6.93. The Morgan fingerprint density at radius 2 is 2.13 bits per heavy atom. The fourth-order valence-corrected chi connectivity index (χ4v) is 2.72. The van der Waals surface area contributed by atoms with E-state index < -0.39 is 0 Å². The van der Waals surface area contributed by atoms with Gasteiger partial charge in [-0.1, -0.05) is 12.1 Å². The van der Waals surface area contributed by atoms with Crippen molar-refractivity contribution in [2.45, 2.75) is 19.6 Å². The molecule has 1 saturated heterocycles. The Morgan fingerprint density at radius 1 is 1.35 bits per heavy atom. The first-order chi connectivity index (χ1) is 11.1. The normalized spacial score (nSPS) is 18.8. The number of amides is 1. The lowest BCUT2D eigenvalue weighted by Crippen LogP contribution is -2.40. The van der Waals surface area contributed by atoms with Crippen molar-refractivity contribution in [1.29, 1.82) is 0 Å². The zero-order valence-corrected chi connectivity index (χ0v) is 13.5. The van der Waals surface area contributed by atoms with E-state index in [1.807, 2.05) is 31.3 Å². The van der Waals surface area contributed by atoms with Crippen LogP contribution >= 0.6 is 0 Å². The monoisotopic (exact) mass is 314 g/mol. The van der Waals surface area contributed by atoms with E-state index in [1.54, 1.807) is 16.9 Å². The number of hydrogen-bond donors (Lipinski definition) is 1. The van der Waals surface area contributed by atoms with Crippen LogP contribution in [0, 0.1) is 0 Å². The fraction of sp³-hybridized carbons (Fsp3) is 0.412. The minimum absolute atomic E-state index is 0.143. The van der Waals surface area contributed by atoms with Gasteiger partial charge in [-0.3, -0.25) is 14.4 Å². The predicted molar refractivity (Wildman–Crippen MR) is 88.3 cm³/mol. The largest absolute Gasteiger partial charge is 0.376 e. The van der Waals surface area contributed by atoms with Crippen LogP contribution in [0.5, 0.6) is 0 Å². The molecule has 2 aromatic rings. The van der Waals surface area contributed by atoms with E-state index >= 15 is 0 Å². The van der Waals surface area contributed by atoms with E-state index in [4.69, 9.17) is 4.74 Å². The lowest BCUT2D eigenvalue weighted by atomic mass is 10.1.